The van der Waals surface area contributed by atoms with Gasteiger partial charge in [-0.2, -0.15) is 0 Å². The lowest BCUT2D eigenvalue weighted by atomic mass is 9.47. The summed E-state index contributed by atoms with van der Waals surface area (Å²) >= 11 is 0. The summed E-state index contributed by atoms with van der Waals surface area (Å²) in [5, 5.41) is 17.0. The van der Waals surface area contributed by atoms with Gasteiger partial charge in [-0.3, -0.25) is 0 Å². The first-order chi connectivity index (χ1) is 13.6. The largest absolute Gasteiger partial charge is 0.411 e. The molecule has 149 valence electrons. The fourth-order valence-corrected chi connectivity index (χ4v) is 7.45. The van der Waals surface area contributed by atoms with Crippen molar-refractivity contribution in [3.05, 3.63) is 54.3 Å². The van der Waals surface area contributed by atoms with E-state index in [1.165, 1.54) is 37.7 Å². The van der Waals surface area contributed by atoms with E-state index in [9.17, 15) is 5.21 Å². The normalized spacial score (nSPS) is 46.0. The minimum Gasteiger partial charge on any atom is -0.411 e. The fraction of sp³-hybridized carbons (Fsp3) is 0.600. The molecule has 2 N–H and O–H groups in total. The van der Waals surface area contributed by atoms with E-state index in [2.05, 4.69) is 49.0 Å². The Hall–Kier alpha value is -1.77. The van der Waals surface area contributed by atoms with Gasteiger partial charge in [-0.05, 0) is 92.1 Å². The lowest BCUT2D eigenvalue weighted by molar-refractivity contribution is -0.0119. The van der Waals surface area contributed by atoms with E-state index < -0.39 is 0 Å². The molecule has 3 heteroatoms. The van der Waals surface area contributed by atoms with Gasteiger partial charge in [-0.25, -0.2) is 0 Å². The minimum atomic E-state index is 0.0838. The van der Waals surface area contributed by atoms with Crippen molar-refractivity contribution in [1.29, 1.82) is 0 Å². The molecule has 1 aliphatic heterocycles. The molecular weight excluding hydrogens is 344 g/mol. The Balaban J connectivity index is 1.55. The Labute approximate surface area is 169 Å². The quantitative estimate of drug-likeness (QED) is 0.346. The summed E-state index contributed by atoms with van der Waals surface area (Å²) < 4.78 is 0. The Kier molecular flexibility index (Phi) is 4.33. The van der Waals surface area contributed by atoms with Crippen LogP contribution in [0, 0.1) is 40.9 Å². The molecule has 1 unspecified atom stereocenters. The number of hydrogen-bond donors (Lipinski definition) is 2. The highest BCUT2D eigenvalue weighted by Crippen LogP contribution is 2.65. The van der Waals surface area contributed by atoms with Crippen molar-refractivity contribution in [2.45, 2.75) is 58.8 Å². The number of fused-ring (bicyclic) bond motifs is 5. The zero-order chi connectivity index (χ0) is 19.4. The second-order valence-electron chi connectivity index (χ2n) is 10.1. The lowest BCUT2D eigenvalue weighted by Gasteiger charge is -2.58. The monoisotopic (exact) mass is 377 g/mol. The van der Waals surface area contributed by atoms with Crippen LogP contribution in [0.15, 0.2) is 53.0 Å². The molecule has 0 bridgehead atoms. The molecule has 3 fully saturated rings. The van der Waals surface area contributed by atoms with Gasteiger partial charge in [0, 0.05) is 11.9 Å². The minimum absolute atomic E-state index is 0.0838. The Morgan fingerprint density at radius 2 is 2.00 bits per heavy atom. The van der Waals surface area contributed by atoms with Gasteiger partial charge in [0.2, 0.25) is 0 Å². The molecule has 0 amide bonds. The fourth-order valence-electron chi connectivity index (χ4n) is 7.45. The first-order valence-electron chi connectivity index (χ1n) is 11.1. The zero-order valence-corrected chi connectivity index (χ0v) is 17.2. The van der Waals surface area contributed by atoms with Crippen molar-refractivity contribution < 1.29 is 5.21 Å². The van der Waals surface area contributed by atoms with Crippen LogP contribution in [0.5, 0.6) is 0 Å². The van der Waals surface area contributed by atoms with E-state index >= 15 is 0 Å². The van der Waals surface area contributed by atoms with Gasteiger partial charge in [-0.1, -0.05) is 42.8 Å². The summed E-state index contributed by atoms with van der Waals surface area (Å²) in [6.45, 7) is 5.03. The van der Waals surface area contributed by atoms with Crippen LogP contribution in [-0.4, -0.2) is 10.9 Å². The predicted molar refractivity (Wildman–Crippen MR) is 114 cm³/mol. The maximum atomic E-state index is 9.79. The molecule has 3 saturated carbocycles. The van der Waals surface area contributed by atoms with Gasteiger partial charge in [0.25, 0.3) is 0 Å². The second-order valence-corrected chi connectivity index (χ2v) is 10.1. The van der Waals surface area contributed by atoms with Crippen LogP contribution < -0.4 is 5.32 Å². The SMILES string of the molecule is C[C@@]12[CH]CC[C@H]1[C@@H]1CC=C3C(C4=CC=CC=CN4)C(=NO)CC[C@]3(C)[C@H]1CC2. The first kappa shape index (κ1) is 18.3. The van der Waals surface area contributed by atoms with Gasteiger partial charge < -0.3 is 10.5 Å². The van der Waals surface area contributed by atoms with E-state index in [-0.39, 0.29) is 11.3 Å². The van der Waals surface area contributed by atoms with Crippen LogP contribution in [0.25, 0.3) is 0 Å². The highest BCUT2D eigenvalue weighted by atomic mass is 16.4. The second kappa shape index (κ2) is 6.64. The third-order valence-corrected chi connectivity index (χ3v) is 8.88. The van der Waals surface area contributed by atoms with Crippen LogP contribution in [-0.2, 0) is 0 Å². The Bertz CT molecular complexity index is 803. The van der Waals surface area contributed by atoms with E-state index in [0.717, 1.165) is 42.0 Å². The number of oxime groups is 1. The number of rotatable bonds is 1. The summed E-state index contributed by atoms with van der Waals surface area (Å²) in [5.74, 6) is 2.52. The number of hydrogen-bond acceptors (Lipinski definition) is 3. The predicted octanol–water partition coefficient (Wildman–Crippen LogP) is 5.77. The first-order valence-corrected chi connectivity index (χ1v) is 11.1. The average molecular weight is 378 g/mol. The molecule has 0 aromatic carbocycles. The molecule has 6 atom stereocenters. The summed E-state index contributed by atoms with van der Waals surface area (Å²) in [5.41, 5.74) is 4.24. The molecule has 5 aliphatic rings. The number of nitrogens with one attached hydrogen (secondary N) is 1. The van der Waals surface area contributed by atoms with Crippen LogP contribution >= 0.6 is 0 Å². The molecule has 28 heavy (non-hydrogen) atoms. The standard InChI is InChI=1S/C25H33N2O/c1-24-13-6-7-18(24)17-9-10-20-23(21-8-4-3-5-16-26-21)22(27-28)12-15-25(20,2)19(17)11-14-24/h3-5,8,10,13,16-19,23,26,28H,6-7,9,11-12,14-15H2,1-2H3/t17-,18-,19-,23?,24-,25+/m0/s1. The summed E-state index contributed by atoms with van der Waals surface area (Å²) in [7, 11) is 0. The van der Waals surface area contributed by atoms with Gasteiger partial charge in [0.1, 0.15) is 0 Å². The number of allylic oxidation sites excluding steroid dienone is 6. The van der Waals surface area contributed by atoms with Gasteiger partial charge in [-0.15, -0.1) is 0 Å². The molecule has 0 aromatic rings. The van der Waals surface area contributed by atoms with Crippen molar-refractivity contribution >= 4 is 5.71 Å². The maximum Gasteiger partial charge on any atom is 0.0701 e. The zero-order valence-electron chi connectivity index (χ0n) is 17.2. The van der Waals surface area contributed by atoms with Crippen molar-refractivity contribution in [1.82, 2.24) is 5.32 Å². The third-order valence-electron chi connectivity index (χ3n) is 8.88. The molecular formula is C25H33N2O. The average Bonchev–Trinajstić information content (AvgIpc) is 2.91. The maximum absolute atomic E-state index is 9.79. The highest BCUT2D eigenvalue weighted by Gasteiger charge is 2.57. The molecule has 1 heterocycles. The van der Waals surface area contributed by atoms with E-state index in [4.69, 9.17) is 0 Å². The number of nitrogens with zero attached hydrogens (tertiary/aromatic N) is 1. The van der Waals surface area contributed by atoms with Crippen LogP contribution in [0.3, 0.4) is 0 Å². The van der Waals surface area contributed by atoms with Crippen LogP contribution in [0.4, 0.5) is 0 Å². The molecule has 3 nitrogen and oxygen atoms in total. The Morgan fingerprint density at radius 1 is 1.11 bits per heavy atom. The van der Waals surface area contributed by atoms with Gasteiger partial charge in [0.15, 0.2) is 0 Å². The van der Waals surface area contributed by atoms with Gasteiger partial charge >= 0.3 is 0 Å². The summed E-state index contributed by atoms with van der Waals surface area (Å²) in [4.78, 5) is 0. The van der Waals surface area contributed by atoms with Crippen molar-refractivity contribution in [3.63, 3.8) is 0 Å². The smallest absolute Gasteiger partial charge is 0.0701 e. The molecule has 4 aliphatic carbocycles. The van der Waals surface area contributed by atoms with E-state index in [1.807, 2.05) is 18.4 Å². The molecule has 1 radical (unpaired) electrons. The van der Waals surface area contributed by atoms with Crippen molar-refractivity contribution in [2.24, 2.45) is 39.7 Å². The van der Waals surface area contributed by atoms with E-state index in [0.29, 0.717) is 5.41 Å². The van der Waals surface area contributed by atoms with Crippen LogP contribution in [0.1, 0.15) is 58.8 Å². The lowest BCUT2D eigenvalue weighted by Crippen LogP contribution is -2.51. The van der Waals surface area contributed by atoms with E-state index in [1.54, 1.807) is 0 Å². The molecule has 0 aromatic heterocycles. The molecule has 5 rings (SSSR count). The Morgan fingerprint density at radius 3 is 2.86 bits per heavy atom. The molecule has 0 spiro atoms. The van der Waals surface area contributed by atoms with Crippen molar-refractivity contribution in [3.8, 4) is 0 Å². The topological polar surface area (TPSA) is 44.6 Å². The summed E-state index contributed by atoms with van der Waals surface area (Å²) in [6, 6.07) is 0. The third kappa shape index (κ3) is 2.58. The van der Waals surface area contributed by atoms with Crippen molar-refractivity contribution in [2.75, 3.05) is 0 Å². The molecule has 0 saturated heterocycles. The highest BCUT2D eigenvalue weighted by molar-refractivity contribution is 5.93. The summed E-state index contributed by atoms with van der Waals surface area (Å²) in [6.07, 6.45) is 24.0. The van der Waals surface area contributed by atoms with Gasteiger partial charge in [0.05, 0.1) is 11.6 Å². The van der Waals surface area contributed by atoms with Crippen LogP contribution in [0.2, 0.25) is 0 Å².